The van der Waals surface area contributed by atoms with E-state index >= 15 is 0 Å². The summed E-state index contributed by atoms with van der Waals surface area (Å²) in [6.07, 6.45) is 0.750. The molecule has 1 aromatic heterocycles. The summed E-state index contributed by atoms with van der Waals surface area (Å²) in [5, 5.41) is 10.3. The molecule has 1 saturated carbocycles. The average Bonchev–Trinajstić information content (AvgIpc) is 2.76. The van der Waals surface area contributed by atoms with Crippen LogP contribution >= 0.6 is 0 Å². The first-order chi connectivity index (χ1) is 6.59. The van der Waals surface area contributed by atoms with Gasteiger partial charge in [0.25, 0.3) is 0 Å². The lowest BCUT2D eigenvalue weighted by Gasteiger charge is -1.90. The number of nitro groups is 1. The van der Waals surface area contributed by atoms with Gasteiger partial charge in [-0.05, 0) is 19.4 Å². The third kappa shape index (κ3) is 1.41. The number of Topliss-reactive ketones (excluding diaryl/α,β-unsaturated/α-hetero) is 1. The summed E-state index contributed by atoms with van der Waals surface area (Å²) in [6, 6.07) is 2.90. The highest BCUT2D eigenvalue weighted by atomic mass is 16.6. The molecule has 2 rings (SSSR count). The van der Waals surface area contributed by atoms with Crippen LogP contribution in [0.5, 0.6) is 0 Å². The number of rotatable bonds is 3. The van der Waals surface area contributed by atoms with Crippen molar-refractivity contribution in [1.82, 2.24) is 0 Å². The number of hydrogen-bond acceptors (Lipinski definition) is 4. The molecule has 0 saturated heterocycles. The molecule has 0 N–H and O–H groups in total. The molecular formula is C9H9NO4. The summed E-state index contributed by atoms with van der Waals surface area (Å²) in [6.45, 7) is 1.53. The van der Waals surface area contributed by atoms with Gasteiger partial charge < -0.3 is 4.42 Å². The van der Waals surface area contributed by atoms with Crippen LogP contribution in [-0.2, 0) is 4.79 Å². The molecule has 5 heteroatoms. The highest BCUT2D eigenvalue weighted by molar-refractivity contribution is 5.82. The van der Waals surface area contributed by atoms with Crippen LogP contribution in [-0.4, -0.2) is 10.7 Å². The molecule has 0 radical (unpaired) electrons. The van der Waals surface area contributed by atoms with E-state index in [0.717, 1.165) is 6.42 Å². The van der Waals surface area contributed by atoms with E-state index in [1.165, 1.54) is 13.0 Å². The van der Waals surface area contributed by atoms with E-state index in [1.807, 2.05) is 0 Å². The first-order valence-electron chi connectivity index (χ1n) is 4.34. The monoisotopic (exact) mass is 195 g/mol. The first-order valence-corrected chi connectivity index (χ1v) is 4.34. The zero-order chi connectivity index (χ0) is 10.3. The van der Waals surface area contributed by atoms with Crippen LogP contribution in [0.25, 0.3) is 0 Å². The Morgan fingerprint density at radius 3 is 2.79 bits per heavy atom. The molecular weight excluding hydrogens is 186 g/mol. The Kier molecular flexibility index (Phi) is 1.87. The molecule has 2 atom stereocenters. The van der Waals surface area contributed by atoms with Crippen molar-refractivity contribution in [3.63, 3.8) is 0 Å². The highest BCUT2D eigenvalue weighted by Crippen LogP contribution is 2.48. The Labute approximate surface area is 79.9 Å². The largest absolute Gasteiger partial charge is 0.433 e. The number of furan rings is 1. The lowest BCUT2D eigenvalue weighted by molar-refractivity contribution is -0.402. The second kappa shape index (κ2) is 2.94. The van der Waals surface area contributed by atoms with Crippen LogP contribution in [0.2, 0.25) is 0 Å². The van der Waals surface area contributed by atoms with E-state index in [9.17, 15) is 14.9 Å². The zero-order valence-electron chi connectivity index (χ0n) is 7.60. The molecule has 1 aliphatic rings. The topological polar surface area (TPSA) is 73.3 Å². The van der Waals surface area contributed by atoms with E-state index in [-0.39, 0.29) is 23.5 Å². The van der Waals surface area contributed by atoms with Gasteiger partial charge in [0.1, 0.15) is 16.5 Å². The molecule has 0 aliphatic heterocycles. The van der Waals surface area contributed by atoms with Crippen molar-refractivity contribution in [2.75, 3.05) is 0 Å². The van der Waals surface area contributed by atoms with Crippen molar-refractivity contribution in [2.45, 2.75) is 19.3 Å². The standard InChI is InChI=1S/C9H9NO4/c1-5(11)6-4-7(6)8-2-3-9(14-8)10(12)13/h2-3,6-7H,4H2,1H3. The highest BCUT2D eigenvalue weighted by Gasteiger charge is 2.44. The molecule has 1 aliphatic carbocycles. The van der Waals surface area contributed by atoms with Crippen LogP contribution in [0, 0.1) is 16.0 Å². The van der Waals surface area contributed by atoms with Crippen LogP contribution in [0.1, 0.15) is 25.0 Å². The number of hydrogen-bond donors (Lipinski definition) is 0. The van der Waals surface area contributed by atoms with E-state index in [2.05, 4.69) is 0 Å². The van der Waals surface area contributed by atoms with E-state index in [4.69, 9.17) is 4.42 Å². The normalized spacial score (nSPS) is 24.6. The smallest absolute Gasteiger partial charge is 0.406 e. The fraction of sp³-hybridized carbons (Fsp3) is 0.444. The third-order valence-corrected chi connectivity index (χ3v) is 2.47. The number of carbonyl (C=O) groups excluding carboxylic acids is 1. The average molecular weight is 195 g/mol. The molecule has 14 heavy (non-hydrogen) atoms. The number of carbonyl (C=O) groups is 1. The minimum Gasteiger partial charge on any atom is -0.406 e. The van der Waals surface area contributed by atoms with Gasteiger partial charge in [-0.3, -0.25) is 14.9 Å². The second-order valence-corrected chi connectivity index (χ2v) is 3.49. The minimum absolute atomic E-state index is 0.000698. The van der Waals surface area contributed by atoms with Crippen molar-refractivity contribution in [3.05, 3.63) is 28.0 Å². The van der Waals surface area contributed by atoms with E-state index in [0.29, 0.717) is 5.76 Å². The molecule has 74 valence electrons. The lowest BCUT2D eigenvalue weighted by atomic mass is 10.2. The van der Waals surface area contributed by atoms with Crippen molar-refractivity contribution < 1.29 is 14.1 Å². The maximum absolute atomic E-state index is 11.0. The fourth-order valence-electron chi connectivity index (χ4n) is 1.60. The van der Waals surface area contributed by atoms with Crippen LogP contribution in [0.3, 0.4) is 0 Å². The van der Waals surface area contributed by atoms with Gasteiger partial charge in [-0.25, -0.2) is 0 Å². The molecule has 2 unspecified atom stereocenters. The summed E-state index contributed by atoms with van der Waals surface area (Å²) in [4.78, 5) is 20.7. The van der Waals surface area contributed by atoms with E-state index in [1.54, 1.807) is 6.07 Å². The van der Waals surface area contributed by atoms with Crippen molar-refractivity contribution >= 4 is 11.7 Å². The van der Waals surface area contributed by atoms with Crippen molar-refractivity contribution in [3.8, 4) is 0 Å². The van der Waals surface area contributed by atoms with E-state index < -0.39 is 4.92 Å². The van der Waals surface area contributed by atoms with Gasteiger partial charge in [-0.2, -0.15) is 0 Å². The van der Waals surface area contributed by atoms with Crippen LogP contribution < -0.4 is 0 Å². The summed E-state index contributed by atoms with van der Waals surface area (Å²) in [5.41, 5.74) is 0. The number of ketones is 1. The quantitative estimate of drug-likeness (QED) is 0.545. The third-order valence-electron chi connectivity index (χ3n) is 2.47. The predicted molar refractivity (Wildman–Crippen MR) is 46.9 cm³/mol. The summed E-state index contributed by atoms with van der Waals surface area (Å²) in [7, 11) is 0. The van der Waals surface area contributed by atoms with Gasteiger partial charge in [-0.15, -0.1) is 0 Å². The maximum atomic E-state index is 11.0. The van der Waals surface area contributed by atoms with Gasteiger partial charge >= 0.3 is 5.88 Å². The molecule has 1 aromatic rings. The van der Waals surface area contributed by atoms with Crippen LogP contribution in [0.4, 0.5) is 5.88 Å². The Hall–Kier alpha value is -1.65. The van der Waals surface area contributed by atoms with Crippen molar-refractivity contribution in [2.24, 2.45) is 5.92 Å². The maximum Gasteiger partial charge on any atom is 0.433 e. The van der Waals surface area contributed by atoms with Gasteiger partial charge in [0.2, 0.25) is 0 Å². The van der Waals surface area contributed by atoms with Gasteiger partial charge in [0.05, 0.1) is 6.07 Å². The zero-order valence-corrected chi connectivity index (χ0v) is 7.60. The summed E-state index contributed by atoms with van der Waals surface area (Å²) >= 11 is 0. The van der Waals surface area contributed by atoms with Crippen LogP contribution in [0.15, 0.2) is 16.5 Å². The number of nitrogens with zero attached hydrogens (tertiary/aromatic N) is 1. The lowest BCUT2D eigenvalue weighted by Crippen LogP contribution is -1.93. The SMILES string of the molecule is CC(=O)C1CC1c1ccc([N+](=O)[O-])o1. The molecule has 0 bridgehead atoms. The molecule has 0 aromatic carbocycles. The van der Waals surface area contributed by atoms with Crippen molar-refractivity contribution in [1.29, 1.82) is 0 Å². The van der Waals surface area contributed by atoms with Gasteiger partial charge in [-0.1, -0.05) is 0 Å². The molecule has 1 heterocycles. The summed E-state index contributed by atoms with van der Waals surface area (Å²) < 4.78 is 5.00. The molecule has 1 fully saturated rings. The van der Waals surface area contributed by atoms with Gasteiger partial charge in [0.15, 0.2) is 0 Å². The second-order valence-electron chi connectivity index (χ2n) is 3.49. The molecule has 5 nitrogen and oxygen atoms in total. The Balaban J connectivity index is 2.12. The predicted octanol–water partition coefficient (Wildman–Crippen LogP) is 1.88. The Morgan fingerprint density at radius 1 is 1.64 bits per heavy atom. The minimum atomic E-state index is -0.575. The Morgan fingerprint density at radius 2 is 2.36 bits per heavy atom. The molecule has 0 amide bonds. The Bertz CT molecular complexity index is 395. The fourth-order valence-corrected chi connectivity index (χ4v) is 1.60. The first kappa shape index (κ1) is 8.93. The summed E-state index contributed by atoms with van der Waals surface area (Å²) in [5.74, 6) is 0.474. The van der Waals surface area contributed by atoms with Gasteiger partial charge in [0, 0.05) is 11.8 Å². The molecule has 0 spiro atoms.